The SMILES string of the molecule is O=CNC1CNCCN1. The molecule has 1 aliphatic rings. The average Bonchev–Trinajstić information content (AvgIpc) is 1.91. The molecule has 0 radical (unpaired) electrons. The quantitative estimate of drug-likeness (QED) is 0.388. The van der Waals surface area contributed by atoms with Crippen molar-refractivity contribution >= 4 is 6.41 Å². The predicted octanol–water partition coefficient (Wildman–Crippen LogP) is -1.75. The van der Waals surface area contributed by atoms with E-state index in [0.717, 1.165) is 19.6 Å². The van der Waals surface area contributed by atoms with Gasteiger partial charge in [0.05, 0.1) is 6.17 Å². The number of piperazine rings is 1. The van der Waals surface area contributed by atoms with Crippen molar-refractivity contribution in [2.45, 2.75) is 6.17 Å². The van der Waals surface area contributed by atoms with Gasteiger partial charge in [0.2, 0.25) is 6.41 Å². The van der Waals surface area contributed by atoms with Crippen LogP contribution in [-0.2, 0) is 4.79 Å². The predicted molar refractivity (Wildman–Crippen MR) is 33.9 cm³/mol. The zero-order valence-corrected chi connectivity index (χ0v) is 5.18. The molecule has 0 spiro atoms. The van der Waals surface area contributed by atoms with Crippen LogP contribution in [0.2, 0.25) is 0 Å². The van der Waals surface area contributed by atoms with Crippen LogP contribution < -0.4 is 16.0 Å². The fraction of sp³-hybridized carbons (Fsp3) is 0.800. The van der Waals surface area contributed by atoms with E-state index in [2.05, 4.69) is 16.0 Å². The molecule has 1 fully saturated rings. The molecule has 1 amide bonds. The first-order valence-electron chi connectivity index (χ1n) is 3.07. The van der Waals surface area contributed by atoms with Gasteiger partial charge >= 0.3 is 0 Å². The van der Waals surface area contributed by atoms with Gasteiger partial charge in [0.1, 0.15) is 0 Å². The minimum absolute atomic E-state index is 0.122. The molecule has 0 aromatic rings. The Morgan fingerprint density at radius 1 is 1.56 bits per heavy atom. The van der Waals surface area contributed by atoms with E-state index in [1.54, 1.807) is 0 Å². The van der Waals surface area contributed by atoms with Gasteiger partial charge in [-0.2, -0.15) is 0 Å². The van der Waals surface area contributed by atoms with E-state index in [4.69, 9.17) is 0 Å². The van der Waals surface area contributed by atoms with Gasteiger partial charge in [-0.1, -0.05) is 0 Å². The second-order valence-corrected chi connectivity index (χ2v) is 2.00. The number of carbonyl (C=O) groups is 1. The number of carbonyl (C=O) groups excluding carboxylic acids is 1. The summed E-state index contributed by atoms with van der Waals surface area (Å²) in [7, 11) is 0. The Kier molecular flexibility index (Phi) is 2.48. The summed E-state index contributed by atoms with van der Waals surface area (Å²) in [6.45, 7) is 2.72. The normalized spacial score (nSPS) is 27.3. The van der Waals surface area contributed by atoms with E-state index in [1.807, 2.05) is 0 Å². The highest BCUT2D eigenvalue weighted by Crippen LogP contribution is 1.78. The van der Waals surface area contributed by atoms with E-state index in [0.29, 0.717) is 6.41 Å². The van der Waals surface area contributed by atoms with Gasteiger partial charge in [0, 0.05) is 19.6 Å². The molecule has 0 saturated carbocycles. The van der Waals surface area contributed by atoms with Crippen LogP contribution in [0.5, 0.6) is 0 Å². The van der Waals surface area contributed by atoms with Crippen LogP contribution in [0, 0.1) is 0 Å². The Morgan fingerprint density at radius 3 is 3.00 bits per heavy atom. The highest BCUT2D eigenvalue weighted by Gasteiger charge is 2.08. The van der Waals surface area contributed by atoms with E-state index in [-0.39, 0.29) is 6.17 Å². The first-order valence-corrected chi connectivity index (χ1v) is 3.07. The molecule has 1 atom stereocenters. The number of amides is 1. The van der Waals surface area contributed by atoms with Crippen LogP contribution >= 0.6 is 0 Å². The maximum atomic E-state index is 9.89. The molecule has 1 unspecified atom stereocenters. The van der Waals surface area contributed by atoms with Crippen molar-refractivity contribution < 1.29 is 4.79 Å². The molecule has 3 N–H and O–H groups in total. The number of hydrogen-bond acceptors (Lipinski definition) is 3. The largest absolute Gasteiger partial charge is 0.342 e. The third-order valence-corrected chi connectivity index (χ3v) is 1.31. The van der Waals surface area contributed by atoms with Crippen molar-refractivity contribution in [1.82, 2.24) is 16.0 Å². The maximum absolute atomic E-state index is 9.89. The van der Waals surface area contributed by atoms with Gasteiger partial charge in [0.25, 0.3) is 0 Å². The third-order valence-electron chi connectivity index (χ3n) is 1.31. The lowest BCUT2D eigenvalue weighted by molar-refractivity contribution is -0.110. The standard InChI is InChI=1S/C5H11N3O/c9-4-8-5-3-6-1-2-7-5/h4-7H,1-3H2,(H,8,9). The molecule has 9 heavy (non-hydrogen) atoms. The number of hydrogen-bond donors (Lipinski definition) is 3. The van der Waals surface area contributed by atoms with E-state index in [9.17, 15) is 4.79 Å². The van der Waals surface area contributed by atoms with Crippen LogP contribution in [-0.4, -0.2) is 32.2 Å². The molecule has 1 aliphatic heterocycles. The Morgan fingerprint density at radius 2 is 2.44 bits per heavy atom. The summed E-state index contributed by atoms with van der Waals surface area (Å²) in [6, 6.07) is 0. The topological polar surface area (TPSA) is 53.2 Å². The van der Waals surface area contributed by atoms with Gasteiger partial charge in [-0.3, -0.25) is 10.1 Å². The lowest BCUT2D eigenvalue weighted by Crippen LogP contribution is -2.55. The fourth-order valence-electron chi connectivity index (χ4n) is 0.853. The highest BCUT2D eigenvalue weighted by atomic mass is 16.1. The van der Waals surface area contributed by atoms with Gasteiger partial charge in [-0.15, -0.1) is 0 Å². The zero-order valence-electron chi connectivity index (χ0n) is 5.18. The summed E-state index contributed by atoms with van der Waals surface area (Å²) < 4.78 is 0. The van der Waals surface area contributed by atoms with Gasteiger partial charge in [-0.25, -0.2) is 0 Å². The van der Waals surface area contributed by atoms with Crippen molar-refractivity contribution in [3.05, 3.63) is 0 Å². The molecule has 0 aliphatic carbocycles. The summed E-state index contributed by atoms with van der Waals surface area (Å²) in [6.07, 6.45) is 0.834. The van der Waals surface area contributed by atoms with Gasteiger partial charge in [0.15, 0.2) is 0 Å². The Bertz CT molecular complexity index is 90.2. The summed E-state index contributed by atoms with van der Waals surface area (Å²) >= 11 is 0. The molecular formula is C5H11N3O. The Labute approximate surface area is 54.0 Å². The van der Waals surface area contributed by atoms with Crippen LogP contribution in [0.3, 0.4) is 0 Å². The summed E-state index contributed by atoms with van der Waals surface area (Å²) in [5, 5.41) is 8.88. The lowest BCUT2D eigenvalue weighted by Gasteiger charge is -2.23. The molecule has 1 saturated heterocycles. The molecule has 0 aromatic carbocycles. The monoisotopic (exact) mass is 129 g/mol. The molecule has 0 bridgehead atoms. The van der Waals surface area contributed by atoms with E-state index in [1.165, 1.54) is 0 Å². The minimum atomic E-state index is 0.122. The molecule has 1 heterocycles. The van der Waals surface area contributed by atoms with Crippen LogP contribution in [0.15, 0.2) is 0 Å². The summed E-state index contributed by atoms with van der Waals surface area (Å²) in [5.74, 6) is 0. The first kappa shape index (κ1) is 6.51. The molecule has 52 valence electrons. The third kappa shape index (κ3) is 1.99. The van der Waals surface area contributed by atoms with Crippen molar-refractivity contribution in [3.63, 3.8) is 0 Å². The number of rotatable bonds is 2. The number of nitrogens with one attached hydrogen (secondary N) is 3. The zero-order chi connectivity index (χ0) is 6.53. The second-order valence-electron chi connectivity index (χ2n) is 2.00. The lowest BCUT2D eigenvalue weighted by atomic mass is 10.4. The van der Waals surface area contributed by atoms with Crippen molar-refractivity contribution in [2.24, 2.45) is 0 Å². The minimum Gasteiger partial charge on any atom is -0.342 e. The van der Waals surface area contributed by atoms with Crippen molar-refractivity contribution in [2.75, 3.05) is 19.6 Å². The average molecular weight is 129 g/mol. The van der Waals surface area contributed by atoms with Crippen LogP contribution in [0.4, 0.5) is 0 Å². The smallest absolute Gasteiger partial charge is 0.208 e. The second kappa shape index (κ2) is 3.42. The summed E-state index contributed by atoms with van der Waals surface area (Å²) in [4.78, 5) is 9.89. The fourth-order valence-corrected chi connectivity index (χ4v) is 0.853. The Hall–Kier alpha value is -0.610. The molecule has 4 heteroatoms. The molecule has 0 aromatic heterocycles. The first-order chi connectivity index (χ1) is 4.43. The van der Waals surface area contributed by atoms with E-state index < -0.39 is 0 Å². The Balaban J connectivity index is 2.15. The maximum Gasteiger partial charge on any atom is 0.208 e. The van der Waals surface area contributed by atoms with Crippen LogP contribution in [0.25, 0.3) is 0 Å². The molecule has 1 rings (SSSR count). The molecule has 4 nitrogen and oxygen atoms in total. The van der Waals surface area contributed by atoms with Gasteiger partial charge in [-0.05, 0) is 0 Å². The highest BCUT2D eigenvalue weighted by molar-refractivity contribution is 5.46. The summed E-state index contributed by atoms with van der Waals surface area (Å²) in [5.41, 5.74) is 0. The molecular weight excluding hydrogens is 118 g/mol. The van der Waals surface area contributed by atoms with Crippen molar-refractivity contribution in [1.29, 1.82) is 0 Å². The van der Waals surface area contributed by atoms with Crippen molar-refractivity contribution in [3.8, 4) is 0 Å². The van der Waals surface area contributed by atoms with Crippen LogP contribution in [0.1, 0.15) is 0 Å². The van der Waals surface area contributed by atoms with Gasteiger partial charge < -0.3 is 10.6 Å². The van der Waals surface area contributed by atoms with E-state index >= 15 is 0 Å².